The molecule has 0 spiro atoms. The van der Waals surface area contributed by atoms with Gasteiger partial charge in [0.15, 0.2) is 6.61 Å². The number of carbonyl (C=O) groups is 3. The smallest absolute Gasteiger partial charge is 0.410 e. The fourth-order valence-corrected chi connectivity index (χ4v) is 2.47. The van der Waals surface area contributed by atoms with Crippen LogP contribution in [0.15, 0.2) is 30.3 Å². The van der Waals surface area contributed by atoms with E-state index in [1.807, 2.05) is 39.0 Å². The summed E-state index contributed by atoms with van der Waals surface area (Å²) >= 11 is 0. The molecule has 27 heavy (non-hydrogen) atoms. The first-order chi connectivity index (χ1) is 12.7. The maximum absolute atomic E-state index is 12.2. The van der Waals surface area contributed by atoms with E-state index in [0.29, 0.717) is 31.9 Å². The van der Waals surface area contributed by atoms with Gasteiger partial charge in [0.2, 0.25) is 5.91 Å². The lowest BCUT2D eigenvalue weighted by Gasteiger charge is -2.35. The molecule has 0 bridgehead atoms. The number of carbonyl (C=O) groups excluding carboxylic acids is 3. The molecule has 148 valence electrons. The highest BCUT2D eigenvalue weighted by Crippen LogP contribution is 2.12. The first kappa shape index (κ1) is 20.5. The highest BCUT2D eigenvalue weighted by molar-refractivity contribution is 5.85. The van der Waals surface area contributed by atoms with Gasteiger partial charge in [-0.2, -0.15) is 0 Å². The molecule has 0 atom stereocenters. The first-order valence-corrected chi connectivity index (χ1v) is 8.95. The molecule has 1 saturated heterocycles. The molecule has 1 fully saturated rings. The van der Waals surface area contributed by atoms with Crippen LogP contribution in [0.1, 0.15) is 20.8 Å². The van der Waals surface area contributed by atoms with Gasteiger partial charge in [0, 0.05) is 26.2 Å². The normalized spacial score (nSPS) is 14.5. The SMILES string of the molecule is CC(C)(C)OC(=O)N1CCN(C(=O)CNC(=O)COc2ccccc2)CC1. The quantitative estimate of drug-likeness (QED) is 0.835. The van der Waals surface area contributed by atoms with E-state index in [2.05, 4.69) is 5.32 Å². The molecule has 1 heterocycles. The van der Waals surface area contributed by atoms with Crippen LogP contribution in [0, 0.1) is 0 Å². The van der Waals surface area contributed by atoms with Crippen LogP contribution >= 0.6 is 0 Å². The summed E-state index contributed by atoms with van der Waals surface area (Å²) in [6, 6.07) is 8.99. The van der Waals surface area contributed by atoms with E-state index < -0.39 is 5.60 Å². The fraction of sp³-hybridized carbons (Fsp3) is 0.526. The molecule has 1 aromatic rings. The summed E-state index contributed by atoms with van der Waals surface area (Å²) in [5.41, 5.74) is -0.545. The Hall–Kier alpha value is -2.77. The molecular weight excluding hydrogens is 350 g/mol. The van der Waals surface area contributed by atoms with Gasteiger partial charge >= 0.3 is 6.09 Å². The molecule has 8 heteroatoms. The number of para-hydroxylation sites is 1. The summed E-state index contributed by atoms with van der Waals surface area (Å²) in [7, 11) is 0. The summed E-state index contributed by atoms with van der Waals surface area (Å²) in [4.78, 5) is 39.3. The van der Waals surface area contributed by atoms with E-state index in [0.717, 1.165) is 0 Å². The van der Waals surface area contributed by atoms with Gasteiger partial charge in [0.05, 0.1) is 6.54 Å². The second-order valence-corrected chi connectivity index (χ2v) is 7.23. The second kappa shape index (κ2) is 9.25. The molecule has 0 saturated carbocycles. The highest BCUT2D eigenvalue weighted by atomic mass is 16.6. The van der Waals surface area contributed by atoms with Crippen molar-refractivity contribution in [2.45, 2.75) is 26.4 Å². The Kier molecular flexibility index (Phi) is 7.04. The van der Waals surface area contributed by atoms with E-state index in [4.69, 9.17) is 9.47 Å². The molecule has 1 aliphatic rings. The van der Waals surface area contributed by atoms with Crippen LogP contribution in [0.4, 0.5) is 4.79 Å². The number of hydrogen-bond donors (Lipinski definition) is 1. The molecule has 0 aromatic heterocycles. The zero-order valence-electron chi connectivity index (χ0n) is 16.1. The lowest BCUT2D eigenvalue weighted by Crippen LogP contribution is -2.53. The van der Waals surface area contributed by atoms with E-state index in [1.54, 1.807) is 21.9 Å². The summed E-state index contributed by atoms with van der Waals surface area (Å²) < 4.78 is 10.7. The summed E-state index contributed by atoms with van der Waals surface area (Å²) in [6.07, 6.45) is -0.374. The van der Waals surface area contributed by atoms with E-state index in [1.165, 1.54) is 0 Å². The molecule has 1 aliphatic heterocycles. The number of ether oxygens (including phenoxy) is 2. The average Bonchev–Trinajstić information content (AvgIpc) is 2.64. The van der Waals surface area contributed by atoms with Crippen LogP contribution in [0.2, 0.25) is 0 Å². The maximum Gasteiger partial charge on any atom is 0.410 e. The van der Waals surface area contributed by atoms with Crippen LogP contribution in [-0.2, 0) is 14.3 Å². The third-order valence-electron chi connectivity index (χ3n) is 3.83. The van der Waals surface area contributed by atoms with E-state index in [9.17, 15) is 14.4 Å². The number of benzene rings is 1. The minimum absolute atomic E-state index is 0.0938. The first-order valence-electron chi connectivity index (χ1n) is 8.95. The van der Waals surface area contributed by atoms with Crippen molar-refractivity contribution in [1.29, 1.82) is 0 Å². The Morgan fingerprint density at radius 2 is 1.59 bits per heavy atom. The topological polar surface area (TPSA) is 88.2 Å². The standard InChI is InChI=1S/C19H27N3O5/c1-19(2,3)27-18(25)22-11-9-21(10-12-22)17(24)13-20-16(23)14-26-15-7-5-4-6-8-15/h4-8H,9-14H2,1-3H3,(H,20,23). The van der Waals surface area contributed by atoms with Crippen LogP contribution < -0.4 is 10.1 Å². The molecule has 0 aliphatic carbocycles. The molecule has 0 radical (unpaired) electrons. The third-order valence-corrected chi connectivity index (χ3v) is 3.83. The Morgan fingerprint density at radius 1 is 1.00 bits per heavy atom. The molecular formula is C19H27N3O5. The molecule has 2 rings (SSSR count). The average molecular weight is 377 g/mol. The van der Waals surface area contributed by atoms with Crippen molar-refractivity contribution in [3.63, 3.8) is 0 Å². The van der Waals surface area contributed by atoms with Crippen molar-refractivity contribution in [1.82, 2.24) is 15.1 Å². The van der Waals surface area contributed by atoms with Crippen LogP contribution in [0.5, 0.6) is 5.75 Å². The van der Waals surface area contributed by atoms with Gasteiger partial charge in [-0.15, -0.1) is 0 Å². The number of nitrogens with zero attached hydrogens (tertiary/aromatic N) is 2. The number of amides is 3. The van der Waals surface area contributed by atoms with Gasteiger partial charge < -0.3 is 24.6 Å². The fourth-order valence-electron chi connectivity index (χ4n) is 2.47. The summed E-state index contributed by atoms with van der Waals surface area (Å²) in [5, 5.41) is 2.55. The summed E-state index contributed by atoms with van der Waals surface area (Å²) in [6.45, 7) is 6.84. The van der Waals surface area contributed by atoms with Gasteiger partial charge in [-0.3, -0.25) is 9.59 Å². The van der Waals surface area contributed by atoms with Crippen molar-refractivity contribution in [3.05, 3.63) is 30.3 Å². The zero-order chi connectivity index (χ0) is 19.9. The lowest BCUT2D eigenvalue weighted by molar-refractivity contribution is -0.134. The van der Waals surface area contributed by atoms with Crippen LogP contribution in [0.3, 0.4) is 0 Å². The summed E-state index contributed by atoms with van der Waals surface area (Å²) in [5.74, 6) is 0.0451. The largest absolute Gasteiger partial charge is 0.484 e. The van der Waals surface area contributed by atoms with Crippen LogP contribution in [-0.4, -0.2) is 72.6 Å². The van der Waals surface area contributed by atoms with E-state index in [-0.39, 0.29) is 31.1 Å². The van der Waals surface area contributed by atoms with Gasteiger partial charge in [-0.1, -0.05) is 18.2 Å². The van der Waals surface area contributed by atoms with Crippen molar-refractivity contribution >= 4 is 17.9 Å². The monoisotopic (exact) mass is 377 g/mol. The van der Waals surface area contributed by atoms with Gasteiger partial charge in [-0.25, -0.2) is 4.79 Å². The Balaban J connectivity index is 1.67. The maximum atomic E-state index is 12.2. The van der Waals surface area contributed by atoms with Crippen molar-refractivity contribution in [2.75, 3.05) is 39.3 Å². The number of nitrogens with one attached hydrogen (secondary N) is 1. The minimum atomic E-state index is -0.545. The Labute approximate surface area is 159 Å². The molecule has 1 aromatic carbocycles. The Morgan fingerprint density at radius 3 is 2.19 bits per heavy atom. The number of rotatable bonds is 5. The molecule has 3 amide bonds. The second-order valence-electron chi connectivity index (χ2n) is 7.23. The van der Waals surface area contributed by atoms with E-state index >= 15 is 0 Å². The van der Waals surface area contributed by atoms with Gasteiger partial charge in [0.1, 0.15) is 11.4 Å². The van der Waals surface area contributed by atoms with Crippen molar-refractivity contribution < 1.29 is 23.9 Å². The van der Waals surface area contributed by atoms with Crippen molar-refractivity contribution in [3.8, 4) is 5.75 Å². The van der Waals surface area contributed by atoms with Gasteiger partial charge in [-0.05, 0) is 32.9 Å². The lowest BCUT2D eigenvalue weighted by atomic mass is 10.2. The third kappa shape index (κ3) is 7.16. The van der Waals surface area contributed by atoms with Gasteiger partial charge in [0.25, 0.3) is 5.91 Å². The van der Waals surface area contributed by atoms with Crippen LogP contribution in [0.25, 0.3) is 0 Å². The molecule has 8 nitrogen and oxygen atoms in total. The zero-order valence-corrected chi connectivity index (χ0v) is 16.1. The number of hydrogen-bond acceptors (Lipinski definition) is 5. The number of piperazine rings is 1. The Bertz CT molecular complexity index is 649. The molecule has 0 unspecified atom stereocenters. The predicted octanol–water partition coefficient (Wildman–Crippen LogP) is 1.26. The minimum Gasteiger partial charge on any atom is -0.484 e. The highest BCUT2D eigenvalue weighted by Gasteiger charge is 2.27. The van der Waals surface area contributed by atoms with Crippen molar-refractivity contribution in [2.24, 2.45) is 0 Å². The molecule has 1 N–H and O–H groups in total. The predicted molar refractivity (Wildman–Crippen MR) is 99.3 cm³/mol.